The van der Waals surface area contributed by atoms with Crippen LogP contribution in [-0.2, 0) is 52.3 Å². The second-order valence-corrected chi connectivity index (χ2v) is 7.88. The molecule has 33 heavy (non-hydrogen) atoms. The number of carbonyl (C=O) groups is 4. The SMILES string of the molecule is CCCCOC(=O)C1C2O[C@@H](C1C(=O)OCCCC)[C@@H](OC)C2OC(=O)COCC(=O)OC. The maximum Gasteiger partial charge on any atom is 0.332 e. The molecule has 0 aromatic rings. The fourth-order valence-corrected chi connectivity index (χ4v) is 3.95. The van der Waals surface area contributed by atoms with Crippen LogP contribution in [0.1, 0.15) is 39.5 Å². The summed E-state index contributed by atoms with van der Waals surface area (Å²) in [5, 5.41) is 0. The van der Waals surface area contributed by atoms with Crippen molar-refractivity contribution in [1.29, 1.82) is 0 Å². The number of rotatable bonds is 14. The second-order valence-electron chi connectivity index (χ2n) is 7.88. The van der Waals surface area contributed by atoms with E-state index in [-0.39, 0.29) is 13.2 Å². The zero-order valence-corrected chi connectivity index (χ0v) is 19.6. The van der Waals surface area contributed by atoms with Gasteiger partial charge in [0.1, 0.15) is 43.4 Å². The molecule has 11 nitrogen and oxygen atoms in total. The molecule has 0 aliphatic carbocycles. The van der Waals surface area contributed by atoms with Gasteiger partial charge in [-0.05, 0) is 12.8 Å². The van der Waals surface area contributed by atoms with Crippen LogP contribution in [0, 0.1) is 11.8 Å². The van der Waals surface area contributed by atoms with Gasteiger partial charge in [-0.2, -0.15) is 0 Å². The van der Waals surface area contributed by atoms with Crippen LogP contribution in [0.5, 0.6) is 0 Å². The molecule has 0 amide bonds. The number of ether oxygens (including phenoxy) is 7. The van der Waals surface area contributed by atoms with Crippen molar-refractivity contribution in [2.45, 2.75) is 63.9 Å². The lowest BCUT2D eigenvalue weighted by Gasteiger charge is -2.34. The molecule has 11 heteroatoms. The molecule has 0 saturated carbocycles. The first-order valence-electron chi connectivity index (χ1n) is 11.2. The van der Waals surface area contributed by atoms with E-state index in [9.17, 15) is 19.2 Å². The van der Waals surface area contributed by atoms with E-state index in [4.69, 9.17) is 28.4 Å². The third-order valence-electron chi connectivity index (χ3n) is 5.62. The number of unbranched alkanes of at least 4 members (excludes halogenated alkanes) is 2. The van der Waals surface area contributed by atoms with Gasteiger partial charge in [-0.15, -0.1) is 0 Å². The first kappa shape index (κ1) is 27.0. The molecule has 0 spiro atoms. The Morgan fingerprint density at radius 1 is 0.758 bits per heavy atom. The third-order valence-corrected chi connectivity index (χ3v) is 5.62. The van der Waals surface area contributed by atoms with Crippen molar-refractivity contribution in [2.75, 3.05) is 40.6 Å². The van der Waals surface area contributed by atoms with Gasteiger partial charge in [-0.3, -0.25) is 9.59 Å². The Morgan fingerprint density at radius 2 is 1.27 bits per heavy atom. The molecule has 188 valence electrons. The van der Waals surface area contributed by atoms with Crippen molar-refractivity contribution in [3.8, 4) is 0 Å². The van der Waals surface area contributed by atoms with Gasteiger partial charge in [-0.25, -0.2) is 9.59 Å². The van der Waals surface area contributed by atoms with E-state index in [1.165, 1.54) is 14.2 Å². The summed E-state index contributed by atoms with van der Waals surface area (Å²) >= 11 is 0. The number of hydrogen-bond donors (Lipinski definition) is 0. The highest BCUT2D eigenvalue weighted by Gasteiger charge is 2.67. The van der Waals surface area contributed by atoms with Crippen LogP contribution < -0.4 is 0 Å². The number of methoxy groups -OCH3 is 2. The van der Waals surface area contributed by atoms with Crippen molar-refractivity contribution < 1.29 is 52.3 Å². The monoisotopic (exact) mass is 474 g/mol. The Kier molecular flexibility index (Phi) is 11.0. The lowest BCUT2D eigenvalue weighted by Crippen LogP contribution is -2.54. The average Bonchev–Trinajstić information content (AvgIpc) is 3.35. The number of esters is 4. The first-order valence-corrected chi connectivity index (χ1v) is 11.2. The highest BCUT2D eigenvalue weighted by atomic mass is 16.6. The van der Waals surface area contributed by atoms with Crippen LogP contribution in [0.4, 0.5) is 0 Å². The van der Waals surface area contributed by atoms with Crippen molar-refractivity contribution in [2.24, 2.45) is 11.8 Å². The summed E-state index contributed by atoms with van der Waals surface area (Å²) in [7, 11) is 2.60. The minimum absolute atomic E-state index is 0.209. The molecule has 0 radical (unpaired) electrons. The zero-order valence-electron chi connectivity index (χ0n) is 19.6. The molecule has 2 bridgehead atoms. The van der Waals surface area contributed by atoms with Crippen molar-refractivity contribution in [1.82, 2.24) is 0 Å². The Bertz CT molecular complexity index is 679. The number of carbonyl (C=O) groups excluding carboxylic acids is 4. The Morgan fingerprint density at radius 3 is 1.76 bits per heavy atom. The number of hydrogen-bond acceptors (Lipinski definition) is 11. The molecule has 2 heterocycles. The minimum atomic E-state index is -0.999. The highest BCUT2D eigenvalue weighted by molar-refractivity contribution is 5.85. The molecule has 4 unspecified atom stereocenters. The smallest absolute Gasteiger partial charge is 0.332 e. The Labute approximate surface area is 193 Å². The molecule has 2 aliphatic heterocycles. The fraction of sp³-hybridized carbons (Fsp3) is 0.818. The van der Waals surface area contributed by atoms with E-state index in [0.717, 1.165) is 12.8 Å². The van der Waals surface area contributed by atoms with Gasteiger partial charge in [0.05, 0.1) is 20.3 Å². The van der Waals surface area contributed by atoms with Crippen LogP contribution in [0.25, 0.3) is 0 Å². The minimum Gasteiger partial charge on any atom is -0.467 e. The van der Waals surface area contributed by atoms with E-state index in [1.807, 2.05) is 13.8 Å². The molecule has 2 saturated heterocycles. The summed E-state index contributed by atoms with van der Waals surface area (Å²) in [5.41, 5.74) is 0. The lowest BCUT2D eigenvalue weighted by atomic mass is 9.76. The van der Waals surface area contributed by atoms with Crippen molar-refractivity contribution in [3.05, 3.63) is 0 Å². The van der Waals surface area contributed by atoms with E-state index in [1.54, 1.807) is 0 Å². The van der Waals surface area contributed by atoms with E-state index < -0.39 is 73.3 Å². The quantitative estimate of drug-likeness (QED) is 0.201. The fourth-order valence-electron chi connectivity index (χ4n) is 3.95. The number of fused-ring (bicyclic) bond motifs is 2. The van der Waals surface area contributed by atoms with Gasteiger partial charge in [0, 0.05) is 7.11 Å². The summed E-state index contributed by atoms with van der Waals surface area (Å²) < 4.78 is 37.0. The standard InChI is InChI=1S/C22H34O11/c1-5-7-9-30-21(25)15-16(22(26)31-10-8-6-2)18-20(19(28-4)17(15)33-18)32-14(24)12-29-11-13(23)27-3/h15-20H,5-12H2,1-4H3/t15?,16?,17-,18?,19+,20?/m0/s1. The van der Waals surface area contributed by atoms with Gasteiger partial charge in [0.15, 0.2) is 6.10 Å². The largest absolute Gasteiger partial charge is 0.467 e. The first-order chi connectivity index (χ1) is 15.9. The Balaban J connectivity index is 2.12. The molecule has 0 N–H and O–H groups in total. The van der Waals surface area contributed by atoms with Gasteiger partial charge >= 0.3 is 23.9 Å². The average molecular weight is 475 g/mol. The summed E-state index contributed by atoms with van der Waals surface area (Å²) in [6.45, 7) is 3.45. The molecule has 6 atom stereocenters. The maximum absolute atomic E-state index is 12.9. The molecular formula is C22H34O11. The molecule has 2 rings (SSSR count). The molecule has 0 aromatic heterocycles. The van der Waals surface area contributed by atoms with Crippen LogP contribution in [0.3, 0.4) is 0 Å². The van der Waals surface area contributed by atoms with E-state index in [2.05, 4.69) is 4.74 Å². The maximum atomic E-state index is 12.9. The second kappa shape index (κ2) is 13.5. The Hall–Kier alpha value is -2.24. The zero-order chi connectivity index (χ0) is 24.4. The summed E-state index contributed by atoms with van der Waals surface area (Å²) in [6, 6.07) is 0. The van der Waals surface area contributed by atoms with E-state index in [0.29, 0.717) is 12.8 Å². The third kappa shape index (κ3) is 6.87. The van der Waals surface area contributed by atoms with Crippen LogP contribution >= 0.6 is 0 Å². The van der Waals surface area contributed by atoms with Gasteiger partial charge < -0.3 is 33.2 Å². The van der Waals surface area contributed by atoms with E-state index >= 15 is 0 Å². The summed E-state index contributed by atoms with van der Waals surface area (Å²) in [4.78, 5) is 49.1. The molecular weight excluding hydrogens is 440 g/mol. The summed E-state index contributed by atoms with van der Waals surface area (Å²) in [5.74, 6) is -4.52. The van der Waals surface area contributed by atoms with Crippen LogP contribution in [-0.4, -0.2) is 88.9 Å². The lowest BCUT2D eigenvalue weighted by molar-refractivity contribution is -0.176. The van der Waals surface area contributed by atoms with Crippen molar-refractivity contribution >= 4 is 23.9 Å². The van der Waals surface area contributed by atoms with Crippen LogP contribution in [0.15, 0.2) is 0 Å². The van der Waals surface area contributed by atoms with Crippen molar-refractivity contribution in [3.63, 3.8) is 0 Å². The molecule has 2 aliphatic rings. The highest BCUT2D eigenvalue weighted by Crippen LogP contribution is 2.47. The molecule has 2 fully saturated rings. The van der Waals surface area contributed by atoms with Gasteiger partial charge in [0.25, 0.3) is 0 Å². The normalized spacial score (nSPS) is 27.8. The van der Waals surface area contributed by atoms with Gasteiger partial charge in [-0.1, -0.05) is 26.7 Å². The predicted octanol–water partition coefficient (Wildman–Crippen LogP) is 0.803. The topological polar surface area (TPSA) is 133 Å². The molecule has 0 aromatic carbocycles. The van der Waals surface area contributed by atoms with Gasteiger partial charge in [0.2, 0.25) is 0 Å². The predicted molar refractivity (Wildman–Crippen MR) is 111 cm³/mol. The summed E-state index contributed by atoms with van der Waals surface area (Å²) in [6.07, 6.45) is -0.483. The van der Waals surface area contributed by atoms with Crippen LogP contribution in [0.2, 0.25) is 0 Å².